The molecule has 0 saturated heterocycles. The maximum Gasteiger partial charge on any atom is 0.319 e. The highest BCUT2D eigenvalue weighted by Gasteiger charge is 2.16. The van der Waals surface area contributed by atoms with Crippen LogP contribution in [0.15, 0.2) is 30.3 Å². The standard InChI is InChI=1S/C18H25N3O/c1-17(2,3)15-10-7-12-11-13(8-9-14(12)20-15)19-16(22)21-18(4,5)6/h7-11H,1-6H3,(H2,19,21,22). The van der Waals surface area contributed by atoms with Crippen LogP contribution in [0.2, 0.25) is 0 Å². The van der Waals surface area contributed by atoms with Gasteiger partial charge in [0.25, 0.3) is 0 Å². The number of carbonyl (C=O) groups is 1. The lowest BCUT2D eigenvalue weighted by molar-refractivity contribution is 0.244. The Morgan fingerprint density at radius 2 is 1.68 bits per heavy atom. The normalized spacial score (nSPS) is 12.3. The van der Waals surface area contributed by atoms with Crippen LogP contribution in [0.1, 0.15) is 47.2 Å². The number of anilines is 1. The van der Waals surface area contributed by atoms with Crippen molar-refractivity contribution in [2.24, 2.45) is 0 Å². The molecular formula is C18H25N3O. The van der Waals surface area contributed by atoms with Crippen molar-refractivity contribution >= 4 is 22.6 Å². The minimum atomic E-state index is -0.260. The molecule has 4 nitrogen and oxygen atoms in total. The van der Waals surface area contributed by atoms with E-state index < -0.39 is 0 Å². The molecule has 1 aromatic carbocycles. The van der Waals surface area contributed by atoms with Crippen molar-refractivity contribution in [2.75, 3.05) is 5.32 Å². The van der Waals surface area contributed by atoms with Crippen LogP contribution in [-0.4, -0.2) is 16.6 Å². The zero-order chi connectivity index (χ0) is 16.5. The summed E-state index contributed by atoms with van der Waals surface area (Å²) in [5, 5.41) is 6.75. The van der Waals surface area contributed by atoms with Gasteiger partial charge < -0.3 is 10.6 Å². The van der Waals surface area contributed by atoms with Gasteiger partial charge in [-0.2, -0.15) is 0 Å². The third-order valence-corrected chi connectivity index (χ3v) is 3.20. The van der Waals surface area contributed by atoms with E-state index in [9.17, 15) is 4.79 Å². The first-order valence-electron chi connectivity index (χ1n) is 7.55. The van der Waals surface area contributed by atoms with Gasteiger partial charge in [-0.25, -0.2) is 4.79 Å². The number of nitrogens with one attached hydrogen (secondary N) is 2. The van der Waals surface area contributed by atoms with Crippen molar-refractivity contribution in [1.29, 1.82) is 0 Å². The Balaban J connectivity index is 2.23. The predicted molar refractivity (Wildman–Crippen MR) is 92.4 cm³/mol. The largest absolute Gasteiger partial charge is 0.333 e. The number of urea groups is 1. The zero-order valence-corrected chi connectivity index (χ0v) is 14.2. The lowest BCUT2D eigenvalue weighted by atomic mass is 9.91. The van der Waals surface area contributed by atoms with Crippen LogP contribution in [-0.2, 0) is 5.41 Å². The van der Waals surface area contributed by atoms with Gasteiger partial charge >= 0.3 is 6.03 Å². The van der Waals surface area contributed by atoms with E-state index in [1.807, 2.05) is 45.0 Å². The molecule has 2 N–H and O–H groups in total. The molecule has 118 valence electrons. The van der Waals surface area contributed by atoms with Crippen molar-refractivity contribution in [2.45, 2.75) is 52.5 Å². The molecule has 1 heterocycles. The summed E-state index contributed by atoms with van der Waals surface area (Å²) in [4.78, 5) is 16.6. The zero-order valence-electron chi connectivity index (χ0n) is 14.2. The van der Waals surface area contributed by atoms with Gasteiger partial charge in [0.1, 0.15) is 0 Å². The minimum Gasteiger partial charge on any atom is -0.333 e. The first kappa shape index (κ1) is 16.3. The highest BCUT2D eigenvalue weighted by Crippen LogP contribution is 2.24. The van der Waals surface area contributed by atoms with Crippen molar-refractivity contribution in [1.82, 2.24) is 10.3 Å². The second-order valence-electron chi connectivity index (χ2n) is 7.68. The molecule has 0 fully saturated rings. The number of hydrogen-bond donors (Lipinski definition) is 2. The van der Waals surface area contributed by atoms with Crippen molar-refractivity contribution in [3.05, 3.63) is 36.0 Å². The molecule has 0 bridgehead atoms. The fourth-order valence-corrected chi connectivity index (χ4v) is 2.12. The van der Waals surface area contributed by atoms with Crippen LogP contribution in [0.3, 0.4) is 0 Å². The summed E-state index contributed by atoms with van der Waals surface area (Å²) >= 11 is 0. The second-order valence-corrected chi connectivity index (χ2v) is 7.68. The highest BCUT2D eigenvalue weighted by atomic mass is 16.2. The molecule has 4 heteroatoms. The summed E-state index contributed by atoms with van der Waals surface area (Å²) < 4.78 is 0. The Bertz CT molecular complexity index is 694. The van der Waals surface area contributed by atoms with Crippen LogP contribution >= 0.6 is 0 Å². The number of amides is 2. The number of benzene rings is 1. The molecule has 0 aliphatic carbocycles. The monoisotopic (exact) mass is 299 g/mol. The molecule has 0 aliphatic rings. The molecular weight excluding hydrogens is 274 g/mol. The maximum absolute atomic E-state index is 11.9. The molecule has 0 radical (unpaired) electrons. The fraction of sp³-hybridized carbons (Fsp3) is 0.444. The number of nitrogens with zero attached hydrogens (tertiary/aromatic N) is 1. The molecule has 1 aromatic heterocycles. The van der Waals surface area contributed by atoms with Gasteiger partial charge in [0, 0.05) is 27.7 Å². The van der Waals surface area contributed by atoms with Gasteiger partial charge in [0.15, 0.2) is 0 Å². The molecule has 0 atom stereocenters. The quantitative estimate of drug-likeness (QED) is 0.817. The Hall–Kier alpha value is -2.10. The smallest absolute Gasteiger partial charge is 0.319 e. The van der Waals surface area contributed by atoms with E-state index in [0.29, 0.717) is 0 Å². The topological polar surface area (TPSA) is 54.0 Å². The number of aromatic nitrogens is 1. The van der Waals surface area contributed by atoms with E-state index in [-0.39, 0.29) is 17.0 Å². The van der Waals surface area contributed by atoms with Gasteiger partial charge in [-0.05, 0) is 45.0 Å². The Morgan fingerprint density at radius 3 is 2.27 bits per heavy atom. The van der Waals surface area contributed by atoms with E-state index in [0.717, 1.165) is 22.3 Å². The number of carbonyl (C=O) groups excluding carboxylic acids is 1. The number of rotatable bonds is 1. The molecule has 22 heavy (non-hydrogen) atoms. The van der Waals surface area contributed by atoms with Gasteiger partial charge in [0.05, 0.1) is 5.52 Å². The summed E-state index contributed by atoms with van der Waals surface area (Å²) in [5.41, 5.74) is 2.53. The number of fused-ring (bicyclic) bond motifs is 1. The molecule has 2 rings (SSSR count). The second kappa shape index (κ2) is 5.59. The van der Waals surface area contributed by atoms with E-state index in [1.54, 1.807) is 0 Å². The average Bonchev–Trinajstić information content (AvgIpc) is 2.34. The third-order valence-electron chi connectivity index (χ3n) is 3.20. The molecule has 2 amide bonds. The maximum atomic E-state index is 11.9. The van der Waals surface area contributed by atoms with E-state index in [4.69, 9.17) is 4.98 Å². The fourth-order valence-electron chi connectivity index (χ4n) is 2.12. The third kappa shape index (κ3) is 4.20. The first-order valence-corrected chi connectivity index (χ1v) is 7.55. The highest BCUT2D eigenvalue weighted by molar-refractivity contribution is 5.92. The molecule has 0 spiro atoms. The van der Waals surface area contributed by atoms with Gasteiger partial charge in [-0.15, -0.1) is 0 Å². The van der Waals surface area contributed by atoms with E-state index in [2.05, 4.69) is 37.5 Å². The molecule has 2 aromatic rings. The lowest BCUT2D eigenvalue weighted by Gasteiger charge is -2.21. The van der Waals surface area contributed by atoms with Crippen LogP contribution in [0.4, 0.5) is 10.5 Å². The molecule has 0 saturated carbocycles. The summed E-state index contributed by atoms with van der Waals surface area (Å²) in [7, 11) is 0. The van der Waals surface area contributed by atoms with Crippen molar-refractivity contribution < 1.29 is 4.79 Å². The lowest BCUT2D eigenvalue weighted by Crippen LogP contribution is -2.43. The van der Waals surface area contributed by atoms with Crippen molar-refractivity contribution in [3.8, 4) is 0 Å². The molecule has 0 unspecified atom stereocenters. The Labute approximate surface area is 132 Å². The van der Waals surface area contributed by atoms with Crippen molar-refractivity contribution in [3.63, 3.8) is 0 Å². The Morgan fingerprint density at radius 1 is 1.00 bits per heavy atom. The molecule has 0 aliphatic heterocycles. The first-order chi connectivity index (χ1) is 10.0. The van der Waals surface area contributed by atoms with Crippen LogP contribution in [0, 0.1) is 0 Å². The van der Waals surface area contributed by atoms with Crippen LogP contribution in [0.5, 0.6) is 0 Å². The van der Waals surface area contributed by atoms with Gasteiger partial charge in [-0.3, -0.25) is 4.98 Å². The van der Waals surface area contributed by atoms with E-state index >= 15 is 0 Å². The minimum absolute atomic E-state index is 0.0255. The Kier molecular flexibility index (Phi) is 4.14. The van der Waals surface area contributed by atoms with E-state index in [1.165, 1.54) is 0 Å². The van der Waals surface area contributed by atoms with Crippen LogP contribution < -0.4 is 10.6 Å². The van der Waals surface area contributed by atoms with Crippen LogP contribution in [0.25, 0.3) is 10.9 Å². The SMILES string of the molecule is CC(C)(C)NC(=O)Nc1ccc2nc(C(C)(C)C)ccc2c1. The summed E-state index contributed by atoms with van der Waals surface area (Å²) in [6, 6.07) is 9.65. The number of pyridine rings is 1. The summed E-state index contributed by atoms with van der Waals surface area (Å²) in [6.07, 6.45) is 0. The number of hydrogen-bond acceptors (Lipinski definition) is 2. The summed E-state index contributed by atoms with van der Waals surface area (Å²) in [6.45, 7) is 12.3. The van der Waals surface area contributed by atoms with Gasteiger partial charge in [0.2, 0.25) is 0 Å². The van der Waals surface area contributed by atoms with Gasteiger partial charge in [-0.1, -0.05) is 26.8 Å². The predicted octanol–water partition coefficient (Wildman–Crippen LogP) is 4.45. The summed E-state index contributed by atoms with van der Waals surface area (Å²) in [5.74, 6) is 0. The average molecular weight is 299 g/mol.